The van der Waals surface area contributed by atoms with Crippen molar-refractivity contribution in [3.8, 4) is 0 Å². The molecule has 4 nitrogen and oxygen atoms in total. The van der Waals surface area contributed by atoms with Crippen molar-refractivity contribution in [1.29, 1.82) is 0 Å². The van der Waals surface area contributed by atoms with Crippen molar-refractivity contribution in [3.63, 3.8) is 0 Å². The van der Waals surface area contributed by atoms with Gasteiger partial charge in [0.05, 0.1) is 6.54 Å². The minimum atomic E-state index is -0.232. The molecule has 0 bridgehead atoms. The number of aromatic nitrogens is 2. The molecule has 3 aromatic rings. The molecule has 1 N–H and O–H groups in total. The zero-order valence-electron chi connectivity index (χ0n) is 13.2. The fourth-order valence-corrected chi connectivity index (χ4v) is 2.91. The van der Waals surface area contributed by atoms with Gasteiger partial charge in [0.25, 0.3) is 0 Å². The van der Waals surface area contributed by atoms with Crippen molar-refractivity contribution in [3.05, 3.63) is 88.2 Å². The summed E-state index contributed by atoms with van der Waals surface area (Å²) >= 11 is 11.9. The summed E-state index contributed by atoms with van der Waals surface area (Å²) < 4.78 is 1.80. The van der Waals surface area contributed by atoms with Crippen LogP contribution in [0.4, 0.5) is 5.69 Å². The molecule has 3 rings (SSSR count). The summed E-state index contributed by atoms with van der Waals surface area (Å²) in [7, 11) is 0. The quantitative estimate of drug-likeness (QED) is 0.649. The number of nitrogens with zero attached hydrogens (tertiary/aromatic N) is 2. The third-order valence-electron chi connectivity index (χ3n) is 3.48. The van der Waals surface area contributed by atoms with Gasteiger partial charge < -0.3 is 5.32 Å². The zero-order valence-corrected chi connectivity index (χ0v) is 14.7. The van der Waals surface area contributed by atoms with Crippen LogP contribution in [-0.2, 0) is 11.3 Å². The number of halogens is 2. The molecule has 25 heavy (non-hydrogen) atoms. The van der Waals surface area contributed by atoms with E-state index in [1.54, 1.807) is 35.2 Å². The summed E-state index contributed by atoms with van der Waals surface area (Å²) in [6.07, 6.45) is 6.72. The van der Waals surface area contributed by atoms with Gasteiger partial charge >= 0.3 is 0 Å². The molecule has 0 atom stereocenters. The van der Waals surface area contributed by atoms with E-state index in [2.05, 4.69) is 10.4 Å². The van der Waals surface area contributed by atoms with Crippen LogP contribution in [0, 0.1) is 0 Å². The molecule has 1 aromatic heterocycles. The molecule has 0 saturated heterocycles. The van der Waals surface area contributed by atoms with Gasteiger partial charge in [-0.1, -0.05) is 41.4 Å². The van der Waals surface area contributed by atoms with Gasteiger partial charge in [-0.2, -0.15) is 5.10 Å². The molecule has 126 valence electrons. The molecule has 0 unspecified atom stereocenters. The standard InChI is InChI=1S/C19H15Cl2N3O/c20-16-10-14(11-17(21)12-16)6-7-19(25)23-18-5-2-1-4-15(18)13-24-9-3-8-22-24/h1-12H,13H2,(H,23,25)/b7-6-. The Labute approximate surface area is 155 Å². The van der Waals surface area contributed by atoms with Gasteiger partial charge in [0.1, 0.15) is 0 Å². The Bertz CT molecular complexity index is 885. The number of amides is 1. The predicted octanol–water partition coefficient (Wildman–Crippen LogP) is 4.89. The van der Waals surface area contributed by atoms with E-state index in [4.69, 9.17) is 23.2 Å². The summed E-state index contributed by atoms with van der Waals surface area (Å²) in [4.78, 5) is 12.2. The lowest BCUT2D eigenvalue weighted by atomic mass is 10.1. The molecule has 1 heterocycles. The van der Waals surface area contributed by atoms with Crippen LogP contribution in [0.5, 0.6) is 0 Å². The lowest BCUT2D eigenvalue weighted by Crippen LogP contribution is -2.11. The van der Waals surface area contributed by atoms with Crippen LogP contribution >= 0.6 is 23.2 Å². The summed E-state index contributed by atoms with van der Waals surface area (Å²) in [5, 5.41) is 8.13. The summed E-state index contributed by atoms with van der Waals surface area (Å²) in [5.41, 5.74) is 2.48. The number of hydrogen-bond donors (Lipinski definition) is 1. The molecule has 6 heteroatoms. The Morgan fingerprint density at radius 1 is 1.12 bits per heavy atom. The molecule has 0 fully saturated rings. The van der Waals surface area contributed by atoms with Gasteiger partial charge in [0, 0.05) is 34.2 Å². The van der Waals surface area contributed by atoms with E-state index in [-0.39, 0.29) is 5.91 Å². The van der Waals surface area contributed by atoms with Crippen molar-refractivity contribution >= 4 is 40.9 Å². The van der Waals surface area contributed by atoms with Gasteiger partial charge in [-0.25, -0.2) is 0 Å². The topological polar surface area (TPSA) is 46.9 Å². The zero-order chi connectivity index (χ0) is 17.6. The second kappa shape index (κ2) is 8.01. The lowest BCUT2D eigenvalue weighted by Gasteiger charge is -2.10. The highest BCUT2D eigenvalue weighted by atomic mass is 35.5. The van der Waals surface area contributed by atoms with Crippen LogP contribution in [0.15, 0.2) is 67.0 Å². The van der Waals surface area contributed by atoms with Crippen LogP contribution in [0.25, 0.3) is 6.08 Å². The third-order valence-corrected chi connectivity index (χ3v) is 3.92. The monoisotopic (exact) mass is 371 g/mol. The molecule has 0 radical (unpaired) electrons. The van der Waals surface area contributed by atoms with Gasteiger partial charge in [-0.05, 0) is 47.5 Å². The SMILES string of the molecule is O=C(/C=C\c1cc(Cl)cc(Cl)c1)Nc1ccccc1Cn1cccn1. The highest BCUT2D eigenvalue weighted by Crippen LogP contribution is 2.20. The normalized spacial score (nSPS) is 11.0. The number of hydrogen-bond acceptors (Lipinski definition) is 2. The van der Waals surface area contributed by atoms with Crippen molar-refractivity contribution in [2.24, 2.45) is 0 Å². The fraction of sp³-hybridized carbons (Fsp3) is 0.0526. The maximum absolute atomic E-state index is 12.2. The second-order valence-corrected chi connectivity index (χ2v) is 6.26. The number of nitrogens with one attached hydrogen (secondary N) is 1. The van der Waals surface area contributed by atoms with Crippen molar-refractivity contribution < 1.29 is 4.79 Å². The summed E-state index contributed by atoms with van der Waals surface area (Å²) in [6, 6.07) is 14.6. The molecule has 0 spiro atoms. The first-order chi connectivity index (χ1) is 12.1. The van der Waals surface area contributed by atoms with E-state index in [0.717, 1.165) is 16.8 Å². The van der Waals surface area contributed by atoms with Crippen LogP contribution in [0.3, 0.4) is 0 Å². The Hall–Kier alpha value is -2.56. The summed E-state index contributed by atoms with van der Waals surface area (Å²) in [6.45, 7) is 0.580. The highest BCUT2D eigenvalue weighted by Gasteiger charge is 2.05. The van der Waals surface area contributed by atoms with Crippen LogP contribution in [0.1, 0.15) is 11.1 Å². The van der Waals surface area contributed by atoms with Crippen molar-refractivity contribution in [1.82, 2.24) is 9.78 Å². The van der Waals surface area contributed by atoms with Gasteiger partial charge in [0.2, 0.25) is 5.91 Å². The van der Waals surface area contributed by atoms with E-state index >= 15 is 0 Å². The van der Waals surface area contributed by atoms with Crippen LogP contribution < -0.4 is 5.32 Å². The van der Waals surface area contributed by atoms with E-state index < -0.39 is 0 Å². The van der Waals surface area contributed by atoms with E-state index in [1.807, 2.05) is 36.5 Å². The van der Waals surface area contributed by atoms with Crippen molar-refractivity contribution in [2.45, 2.75) is 6.54 Å². The Morgan fingerprint density at radius 2 is 1.88 bits per heavy atom. The molecule has 2 aromatic carbocycles. The fourth-order valence-electron chi connectivity index (χ4n) is 2.37. The molecule has 0 saturated carbocycles. The summed E-state index contributed by atoms with van der Waals surface area (Å²) in [5.74, 6) is -0.232. The molecule has 0 aliphatic heterocycles. The lowest BCUT2D eigenvalue weighted by molar-refractivity contribution is -0.111. The number of carbonyl (C=O) groups is 1. The number of benzene rings is 2. The largest absolute Gasteiger partial charge is 0.322 e. The second-order valence-electron chi connectivity index (χ2n) is 5.39. The van der Waals surface area contributed by atoms with Crippen LogP contribution in [-0.4, -0.2) is 15.7 Å². The number of para-hydroxylation sites is 1. The first-order valence-electron chi connectivity index (χ1n) is 7.61. The molecule has 0 aliphatic carbocycles. The molecular formula is C19H15Cl2N3O. The van der Waals surface area contributed by atoms with E-state index in [1.165, 1.54) is 6.08 Å². The molecule has 1 amide bonds. The maximum Gasteiger partial charge on any atom is 0.248 e. The third kappa shape index (κ3) is 4.95. The van der Waals surface area contributed by atoms with Gasteiger partial charge in [-0.15, -0.1) is 0 Å². The minimum absolute atomic E-state index is 0.232. The van der Waals surface area contributed by atoms with E-state index in [0.29, 0.717) is 16.6 Å². The average molecular weight is 372 g/mol. The van der Waals surface area contributed by atoms with Gasteiger partial charge in [0.15, 0.2) is 0 Å². The first kappa shape index (κ1) is 17.3. The number of rotatable bonds is 5. The Balaban J connectivity index is 1.71. The number of anilines is 1. The molecule has 0 aliphatic rings. The van der Waals surface area contributed by atoms with Crippen molar-refractivity contribution in [2.75, 3.05) is 5.32 Å². The van der Waals surface area contributed by atoms with Crippen LogP contribution in [0.2, 0.25) is 10.0 Å². The number of carbonyl (C=O) groups excluding carboxylic acids is 1. The van der Waals surface area contributed by atoms with E-state index in [9.17, 15) is 4.79 Å². The average Bonchev–Trinajstić information content (AvgIpc) is 3.07. The smallest absolute Gasteiger partial charge is 0.248 e. The Kier molecular flexibility index (Phi) is 5.53. The Morgan fingerprint density at radius 3 is 2.60 bits per heavy atom. The maximum atomic E-state index is 12.2. The highest BCUT2D eigenvalue weighted by molar-refractivity contribution is 6.34. The van der Waals surface area contributed by atoms with Gasteiger partial charge in [-0.3, -0.25) is 9.48 Å². The predicted molar refractivity (Wildman–Crippen MR) is 102 cm³/mol. The first-order valence-corrected chi connectivity index (χ1v) is 8.36. The molecular weight excluding hydrogens is 357 g/mol. The minimum Gasteiger partial charge on any atom is -0.322 e.